The highest BCUT2D eigenvalue weighted by molar-refractivity contribution is 7.83. The molecule has 0 bridgehead atoms. The number of nitrogens with zero attached hydrogens (tertiary/aromatic N) is 3. The second-order valence-electron chi connectivity index (χ2n) is 6.36. The normalized spacial score (nSPS) is 13.6. The fraction of sp³-hybridized carbons (Fsp3) is 0.400. The van der Waals surface area contributed by atoms with Crippen LogP contribution in [-0.2, 0) is 15.7 Å². The molecule has 2 atom stereocenters. The van der Waals surface area contributed by atoms with E-state index in [2.05, 4.69) is 16.9 Å². The minimum Gasteiger partial charge on any atom is -0.491 e. The molecule has 0 aliphatic heterocycles. The number of fused-ring (bicyclic) bond motifs is 1. The third-order valence-electron chi connectivity index (χ3n) is 4.46. The average molecular weight is 388 g/mol. The first-order valence-corrected chi connectivity index (χ1v) is 10.6. The number of imidazole rings is 1. The molecule has 3 rings (SSSR count). The first kappa shape index (κ1) is 19.5. The standard InChI is InChI=1S/C20H25N3O3S/c1-5-14(2)25-12-13-26-18-10-11-21-19(15(18)3)20-22-16-8-6-7-9-17(16)23(20)27(4)24/h6-11,14H,5,12-13H2,1-4H3. The average Bonchev–Trinajstić information content (AvgIpc) is 3.05. The summed E-state index contributed by atoms with van der Waals surface area (Å²) in [6.45, 7) is 7.07. The number of benzene rings is 1. The molecule has 6 nitrogen and oxygen atoms in total. The van der Waals surface area contributed by atoms with Crippen molar-refractivity contribution >= 4 is 22.0 Å². The summed E-state index contributed by atoms with van der Waals surface area (Å²) in [5.74, 6) is 1.31. The predicted octanol–water partition coefficient (Wildman–Crippen LogP) is 3.74. The summed E-state index contributed by atoms with van der Waals surface area (Å²) >= 11 is 0. The van der Waals surface area contributed by atoms with Crippen molar-refractivity contribution in [3.8, 4) is 17.3 Å². The molecule has 0 spiro atoms. The maximum Gasteiger partial charge on any atom is 0.172 e. The number of hydrogen-bond acceptors (Lipinski definition) is 5. The molecule has 3 aromatic rings. The van der Waals surface area contributed by atoms with Crippen molar-refractivity contribution in [2.75, 3.05) is 19.5 Å². The van der Waals surface area contributed by atoms with Gasteiger partial charge in [-0.3, -0.25) is 4.98 Å². The largest absolute Gasteiger partial charge is 0.491 e. The summed E-state index contributed by atoms with van der Waals surface area (Å²) in [7, 11) is -1.26. The molecule has 0 fully saturated rings. The van der Waals surface area contributed by atoms with Gasteiger partial charge in [-0.25, -0.2) is 13.2 Å². The molecule has 0 aliphatic carbocycles. The highest BCUT2D eigenvalue weighted by Crippen LogP contribution is 2.30. The van der Waals surface area contributed by atoms with Gasteiger partial charge in [-0.05, 0) is 38.5 Å². The fourth-order valence-electron chi connectivity index (χ4n) is 2.83. The van der Waals surface area contributed by atoms with E-state index < -0.39 is 11.0 Å². The van der Waals surface area contributed by atoms with Crippen molar-refractivity contribution in [3.63, 3.8) is 0 Å². The highest BCUT2D eigenvalue weighted by atomic mass is 32.2. The van der Waals surface area contributed by atoms with Crippen LogP contribution in [0.5, 0.6) is 5.75 Å². The van der Waals surface area contributed by atoms with Crippen LogP contribution in [0.2, 0.25) is 0 Å². The molecule has 0 amide bonds. The van der Waals surface area contributed by atoms with Gasteiger partial charge in [-0.1, -0.05) is 19.1 Å². The van der Waals surface area contributed by atoms with E-state index in [1.54, 1.807) is 16.4 Å². The third-order valence-corrected chi connectivity index (χ3v) is 5.34. The summed E-state index contributed by atoms with van der Waals surface area (Å²) in [4.78, 5) is 9.15. The zero-order chi connectivity index (χ0) is 19.4. The lowest BCUT2D eigenvalue weighted by atomic mass is 10.2. The molecule has 0 radical (unpaired) electrons. The number of para-hydroxylation sites is 2. The van der Waals surface area contributed by atoms with Crippen LogP contribution in [0.1, 0.15) is 25.8 Å². The molecule has 27 heavy (non-hydrogen) atoms. The van der Waals surface area contributed by atoms with Crippen LogP contribution in [0.3, 0.4) is 0 Å². The molecule has 0 aliphatic rings. The summed E-state index contributed by atoms with van der Waals surface area (Å²) in [6, 6.07) is 9.48. The number of ether oxygens (including phenoxy) is 2. The topological polar surface area (TPSA) is 66.2 Å². The minimum absolute atomic E-state index is 0.224. The lowest BCUT2D eigenvalue weighted by Gasteiger charge is -2.14. The van der Waals surface area contributed by atoms with Crippen molar-refractivity contribution < 1.29 is 13.7 Å². The lowest BCUT2D eigenvalue weighted by Crippen LogP contribution is -2.14. The Hall–Kier alpha value is -2.25. The van der Waals surface area contributed by atoms with Crippen LogP contribution >= 0.6 is 0 Å². The zero-order valence-corrected chi connectivity index (χ0v) is 17.0. The molecule has 2 aromatic heterocycles. The third kappa shape index (κ3) is 4.20. The second-order valence-corrected chi connectivity index (χ2v) is 7.58. The Morgan fingerprint density at radius 2 is 2.00 bits per heavy atom. The predicted molar refractivity (Wildman–Crippen MR) is 108 cm³/mol. The number of pyridine rings is 1. The SMILES string of the molecule is CCC(C)OCCOc1ccnc(-c2nc3ccccc3n2S(C)=O)c1C. The maximum atomic E-state index is 12.4. The number of aromatic nitrogens is 3. The van der Waals surface area contributed by atoms with E-state index in [0.717, 1.165) is 28.8 Å². The van der Waals surface area contributed by atoms with Crippen LogP contribution in [0.15, 0.2) is 36.5 Å². The van der Waals surface area contributed by atoms with Gasteiger partial charge in [0.1, 0.15) is 29.0 Å². The van der Waals surface area contributed by atoms with E-state index in [1.165, 1.54) is 0 Å². The lowest BCUT2D eigenvalue weighted by molar-refractivity contribution is 0.0425. The molecule has 1 aromatic carbocycles. The molecule has 7 heteroatoms. The fourth-order valence-corrected chi connectivity index (χ4v) is 3.63. The van der Waals surface area contributed by atoms with Gasteiger partial charge in [-0.15, -0.1) is 0 Å². The summed E-state index contributed by atoms with van der Waals surface area (Å²) < 4.78 is 25.6. The van der Waals surface area contributed by atoms with Gasteiger partial charge in [0.15, 0.2) is 5.82 Å². The van der Waals surface area contributed by atoms with E-state index in [-0.39, 0.29) is 6.10 Å². The molecule has 144 valence electrons. The Morgan fingerprint density at radius 3 is 2.74 bits per heavy atom. The van der Waals surface area contributed by atoms with E-state index in [1.807, 2.05) is 44.2 Å². The highest BCUT2D eigenvalue weighted by Gasteiger charge is 2.19. The van der Waals surface area contributed by atoms with Gasteiger partial charge in [0.05, 0.1) is 23.7 Å². The van der Waals surface area contributed by atoms with Crippen LogP contribution in [0.25, 0.3) is 22.6 Å². The molecule has 2 unspecified atom stereocenters. The van der Waals surface area contributed by atoms with Crippen molar-refractivity contribution in [2.24, 2.45) is 0 Å². The molecule has 0 saturated heterocycles. The molecular weight excluding hydrogens is 362 g/mol. The first-order valence-electron chi connectivity index (χ1n) is 9.04. The summed E-state index contributed by atoms with van der Waals surface area (Å²) in [5, 5.41) is 0. The van der Waals surface area contributed by atoms with Gasteiger partial charge >= 0.3 is 0 Å². The van der Waals surface area contributed by atoms with Crippen molar-refractivity contribution in [3.05, 3.63) is 42.1 Å². The van der Waals surface area contributed by atoms with Crippen LogP contribution in [0, 0.1) is 6.92 Å². The summed E-state index contributed by atoms with van der Waals surface area (Å²) in [6.07, 6.45) is 4.53. The smallest absolute Gasteiger partial charge is 0.172 e. The molecule has 0 N–H and O–H groups in total. The van der Waals surface area contributed by atoms with Gasteiger partial charge < -0.3 is 9.47 Å². The monoisotopic (exact) mass is 387 g/mol. The van der Waals surface area contributed by atoms with E-state index >= 15 is 0 Å². The second kappa shape index (κ2) is 8.63. The van der Waals surface area contributed by atoms with Gasteiger partial charge in [0.25, 0.3) is 0 Å². The number of hydrogen-bond donors (Lipinski definition) is 0. The molecular formula is C20H25N3O3S. The van der Waals surface area contributed by atoms with E-state index in [9.17, 15) is 4.21 Å². The minimum atomic E-state index is -1.26. The zero-order valence-electron chi connectivity index (χ0n) is 16.1. The van der Waals surface area contributed by atoms with Crippen molar-refractivity contribution in [1.82, 2.24) is 13.9 Å². The van der Waals surface area contributed by atoms with Gasteiger partial charge in [0, 0.05) is 18.0 Å². The Kier molecular flexibility index (Phi) is 6.23. The van der Waals surface area contributed by atoms with Crippen LogP contribution in [-0.4, -0.2) is 43.7 Å². The van der Waals surface area contributed by atoms with Crippen LogP contribution < -0.4 is 4.74 Å². The Bertz CT molecular complexity index is 955. The Labute approximate surface area is 162 Å². The summed E-state index contributed by atoms with van der Waals surface area (Å²) in [5.41, 5.74) is 3.14. The van der Waals surface area contributed by atoms with Crippen molar-refractivity contribution in [1.29, 1.82) is 0 Å². The Morgan fingerprint density at radius 1 is 1.22 bits per heavy atom. The maximum absolute atomic E-state index is 12.4. The van der Waals surface area contributed by atoms with Crippen LogP contribution in [0.4, 0.5) is 0 Å². The van der Waals surface area contributed by atoms with Gasteiger partial charge in [-0.2, -0.15) is 0 Å². The quantitative estimate of drug-likeness (QED) is 0.551. The Balaban J connectivity index is 1.91. The molecule has 2 heterocycles. The van der Waals surface area contributed by atoms with Crippen molar-refractivity contribution in [2.45, 2.75) is 33.3 Å². The van der Waals surface area contributed by atoms with E-state index in [4.69, 9.17) is 9.47 Å². The number of rotatable bonds is 8. The van der Waals surface area contributed by atoms with E-state index in [0.29, 0.717) is 24.7 Å². The molecule has 0 saturated carbocycles. The van der Waals surface area contributed by atoms with Gasteiger partial charge in [0.2, 0.25) is 0 Å². The first-order chi connectivity index (χ1) is 13.0.